The average Bonchev–Trinajstić information content (AvgIpc) is 2.59. The fourth-order valence-corrected chi connectivity index (χ4v) is 2.93. The van der Waals surface area contributed by atoms with Gasteiger partial charge >= 0.3 is 0 Å². The van der Waals surface area contributed by atoms with Gasteiger partial charge in [0.05, 0.1) is 6.54 Å². The topological polar surface area (TPSA) is 58.2 Å². The molecule has 0 saturated heterocycles. The van der Waals surface area contributed by atoms with Gasteiger partial charge in [0.1, 0.15) is 0 Å². The smallest absolute Gasteiger partial charge is 0.251 e. The molecule has 2 N–H and O–H groups in total. The summed E-state index contributed by atoms with van der Waals surface area (Å²) in [7, 11) is 0. The van der Waals surface area contributed by atoms with Crippen LogP contribution in [0.2, 0.25) is 0 Å². The highest BCUT2D eigenvalue weighted by molar-refractivity contribution is 6.00. The van der Waals surface area contributed by atoms with Gasteiger partial charge in [-0.25, -0.2) is 0 Å². The van der Waals surface area contributed by atoms with Crippen molar-refractivity contribution in [2.24, 2.45) is 0 Å². The van der Waals surface area contributed by atoms with E-state index >= 15 is 0 Å². The standard InChI is InChI=1S/C22H28N2O2/c1-14(2)18-10-7-11-19(15(3)4)21(18)24-20(25)13-23-22(26)17-9-6-8-16(5)12-17/h6-12,14-15H,13H2,1-5H3,(H,23,26)(H,24,25). The summed E-state index contributed by atoms with van der Waals surface area (Å²) in [5, 5.41) is 5.70. The van der Waals surface area contributed by atoms with Crippen molar-refractivity contribution in [3.05, 3.63) is 64.7 Å². The Labute approximate surface area is 156 Å². The van der Waals surface area contributed by atoms with Crippen molar-refractivity contribution in [3.8, 4) is 0 Å². The fourth-order valence-electron chi connectivity index (χ4n) is 2.93. The number of hydrogen-bond acceptors (Lipinski definition) is 2. The number of rotatable bonds is 6. The Morgan fingerprint density at radius 1 is 0.923 bits per heavy atom. The Hall–Kier alpha value is -2.62. The third kappa shape index (κ3) is 4.94. The molecule has 2 aromatic rings. The molecule has 0 fully saturated rings. The molecule has 0 spiro atoms. The molecule has 4 heteroatoms. The lowest BCUT2D eigenvalue weighted by Crippen LogP contribution is -2.33. The minimum atomic E-state index is -0.245. The van der Waals surface area contributed by atoms with Crippen molar-refractivity contribution in [3.63, 3.8) is 0 Å². The lowest BCUT2D eigenvalue weighted by molar-refractivity contribution is -0.115. The molecule has 2 rings (SSSR count). The van der Waals surface area contributed by atoms with E-state index in [1.165, 1.54) is 0 Å². The van der Waals surface area contributed by atoms with E-state index < -0.39 is 0 Å². The van der Waals surface area contributed by atoms with E-state index in [0.29, 0.717) is 17.4 Å². The zero-order valence-electron chi connectivity index (χ0n) is 16.2. The molecule has 0 aliphatic rings. The molecular formula is C22H28N2O2. The largest absolute Gasteiger partial charge is 0.343 e. The molecule has 2 aromatic carbocycles. The van der Waals surface area contributed by atoms with Crippen LogP contribution in [0.25, 0.3) is 0 Å². The third-order valence-electron chi connectivity index (χ3n) is 4.33. The van der Waals surface area contributed by atoms with Gasteiger partial charge in [0.25, 0.3) is 5.91 Å². The zero-order valence-corrected chi connectivity index (χ0v) is 16.2. The van der Waals surface area contributed by atoms with Gasteiger partial charge in [-0.1, -0.05) is 63.6 Å². The van der Waals surface area contributed by atoms with Gasteiger partial charge in [0, 0.05) is 11.3 Å². The highest BCUT2D eigenvalue weighted by Crippen LogP contribution is 2.32. The summed E-state index contributed by atoms with van der Waals surface area (Å²) < 4.78 is 0. The van der Waals surface area contributed by atoms with Gasteiger partial charge in [-0.3, -0.25) is 9.59 Å². The molecule has 0 aromatic heterocycles. The SMILES string of the molecule is Cc1cccc(C(=O)NCC(=O)Nc2c(C(C)C)cccc2C(C)C)c1. The molecule has 0 saturated carbocycles. The lowest BCUT2D eigenvalue weighted by atomic mass is 9.92. The number of hydrogen-bond donors (Lipinski definition) is 2. The maximum atomic E-state index is 12.4. The van der Waals surface area contributed by atoms with Gasteiger partial charge in [-0.15, -0.1) is 0 Å². The number of carbonyl (C=O) groups excluding carboxylic acids is 2. The van der Waals surface area contributed by atoms with E-state index in [9.17, 15) is 9.59 Å². The van der Waals surface area contributed by atoms with Crippen molar-refractivity contribution in [2.75, 3.05) is 11.9 Å². The minimum Gasteiger partial charge on any atom is -0.343 e. The van der Waals surface area contributed by atoms with Crippen LogP contribution in [0.15, 0.2) is 42.5 Å². The number of aryl methyl sites for hydroxylation is 1. The molecule has 2 amide bonds. The van der Waals surface area contributed by atoms with E-state index in [1.54, 1.807) is 12.1 Å². The van der Waals surface area contributed by atoms with Gasteiger partial charge in [-0.2, -0.15) is 0 Å². The van der Waals surface area contributed by atoms with Crippen LogP contribution in [0.4, 0.5) is 5.69 Å². The van der Waals surface area contributed by atoms with Gasteiger partial charge in [0.15, 0.2) is 0 Å². The predicted molar refractivity (Wildman–Crippen MR) is 107 cm³/mol. The minimum absolute atomic E-state index is 0.0588. The Morgan fingerprint density at radius 2 is 1.50 bits per heavy atom. The molecule has 0 aliphatic carbocycles. The monoisotopic (exact) mass is 352 g/mol. The number of benzene rings is 2. The molecule has 4 nitrogen and oxygen atoms in total. The maximum absolute atomic E-state index is 12.4. The Balaban J connectivity index is 2.09. The van der Waals surface area contributed by atoms with Gasteiger partial charge in [0.2, 0.25) is 5.91 Å². The number of para-hydroxylation sites is 1. The summed E-state index contributed by atoms with van der Waals surface area (Å²) in [4.78, 5) is 24.7. The summed E-state index contributed by atoms with van der Waals surface area (Å²) in [5.74, 6) is 0.128. The Kier molecular flexibility index (Phi) is 6.56. The highest BCUT2D eigenvalue weighted by atomic mass is 16.2. The first kappa shape index (κ1) is 19.7. The summed E-state index contributed by atoms with van der Waals surface area (Å²) in [6.45, 7) is 10.3. The number of amides is 2. The molecule has 0 bridgehead atoms. The van der Waals surface area contributed by atoms with Crippen LogP contribution >= 0.6 is 0 Å². The third-order valence-corrected chi connectivity index (χ3v) is 4.33. The molecule has 0 radical (unpaired) electrons. The average molecular weight is 352 g/mol. The van der Waals surface area contributed by atoms with Crippen molar-refractivity contribution in [1.82, 2.24) is 5.32 Å². The first-order chi connectivity index (χ1) is 12.3. The zero-order chi connectivity index (χ0) is 19.3. The Morgan fingerprint density at radius 3 is 2.04 bits per heavy atom. The number of nitrogens with one attached hydrogen (secondary N) is 2. The second kappa shape index (κ2) is 8.65. The first-order valence-electron chi connectivity index (χ1n) is 9.07. The maximum Gasteiger partial charge on any atom is 0.251 e. The van der Waals surface area contributed by atoms with E-state index in [-0.39, 0.29) is 18.4 Å². The van der Waals surface area contributed by atoms with Gasteiger partial charge in [-0.05, 0) is 42.0 Å². The fraction of sp³-hybridized carbons (Fsp3) is 0.364. The van der Waals surface area contributed by atoms with Crippen LogP contribution in [0, 0.1) is 6.92 Å². The second-order valence-corrected chi connectivity index (χ2v) is 7.22. The van der Waals surface area contributed by atoms with E-state index in [0.717, 1.165) is 22.4 Å². The van der Waals surface area contributed by atoms with Gasteiger partial charge < -0.3 is 10.6 Å². The highest BCUT2D eigenvalue weighted by Gasteiger charge is 2.16. The second-order valence-electron chi connectivity index (χ2n) is 7.22. The summed E-state index contributed by atoms with van der Waals surface area (Å²) in [6.07, 6.45) is 0. The quantitative estimate of drug-likeness (QED) is 0.797. The van der Waals surface area contributed by atoms with Crippen molar-refractivity contribution in [2.45, 2.75) is 46.5 Å². The van der Waals surface area contributed by atoms with E-state index in [4.69, 9.17) is 0 Å². The van der Waals surface area contributed by atoms with E-state index in [2.05, 4.69) is 38.3 Å². The van der Waals surface area contributed by atoms with Crippen LogP contribution in [0.1, 0.15) is 66.6 Å². The van der Waals surface area contributed by atoms with Crippen molar-refractivity contribution in [1.29, 1.82) is 0 Å². The Bertz CT molecular complexity index is 768. The predicted octanol–water partition coefficient (Wildman–Crippen LogP) is 4.61. The molecule has 0 heterocycles. The van der Waals surface area contributed by atoms with Crippen LogP contribution in [-0.2, 0) is 4.79 Å². The van der Waals surface area contributed by atoms with Crippen LogP contribution in [0.3, 0.4) is 0 Å². The lowest BCUT2D eigenvalue weighted by Gasteiger charge is -2.20. The van der Waals surface area contributed by atoms with E-state index in [1.807, 2.05) is 37.3 Å². The normalized spacial score (nSPS) is 10.9. The number of anilines is 1. The summed E-state index contributed by atoms with van der Waals surface area (Å²) in [5.41, 5.74) is 4.65. The van der Waals surface area contributed by atoms with Crippen LogP contribution < -0.4 is 10.6 Å². The van der Waals surface area contributed by atoms with Crippen LogP contribution in [0.5, 0.6) is 0 Å². The molecule has 0 unspecified atom stereocenters. The van der Waals surface area contributed by atoms with Crippen LogP contribution in [-0.4, -0.2) is 18.4 Å². The van der Waals surface area contributed by atoms with Crippen molar-refractivity contribution < 1.29 is 9.59 Å². The number of carbonyl (C=O) groups is 2. The molecule has 138 valence electrons. The van der Waals surface area contributed by atoms with Crippen molar-refractivity contribution >= 4 is 17.5 Å². The molecule has 0 aliphatic heterocycles. The summed E-state index contributed by atoms with van der Waals surface area (Å²) >= 11 is 0. The molecule has 0 atom stereocenters. The summed E-state index contributed by atoms with van der Waals surface area (Å²) in [6, 6.07) is 13.4. The molecular weight excluding hydrogens is 324 g/mol. The molecule has 26 heavy (non-hydrogen) atoms. The first-order valence-corrected chi connectivity index (χ1v) is 9.07.